The Labute approximate surface area is 500 Å². The Kier molecular flexibility index (Phi) is 67.9. The number of allylic oxidation sites excluding steroid dienone is 6. The molecule has 2 atom stereocenters. The van der Waals surface area contributed by atoms with Gasteiger partial charge in [0, 0.05) is 12.8 Å². The molecule has 6 nitrogen and oxygen atoms in total. The number of carbonyl (C=O) groups is 2. The SMILES string of the molecule is CCCCCCCCC/C=C\CCCCCCCCCC(=O)OCCCCCCCCCCCCC/C=C\C/C=C\CCCCCCCCCCCCCCCCCCCC(=O)NC(CO)C(O)CCCCCCCCCCCC. The number of carbonyl (C=O) groups excluding carboxylic acids is 2. The molecule has 80 heavy (non-hydrogen) atoms. The zero-order valence-electron chi connectivity index (χ0n) is 54.1. The van der Waals surface area contributed by atoms with Crippen LogP contribution in [0.1, 0.15) is 399 Å². The molecule has 2 unspecified atom stereocenters. The van der Waals surface area contributed by atoms with Gasteiger partial charge < -0.3 is 20.3 Å². The van der Waals surface area contributed by atoms with Gasteiger partial charge >= 0.3 is 5.97 Å². The van der Waals surface area contributed by atoms with Gasteiger partial charge in [0.05, 0.1) is 25.4 Å². The van der Waals surface area contributed by atoms with Crippen molar-refractivity contribution in [3.05, 3.63) is 36.5 Å². The number of nitrogens with one attached hydrogen (secondary N) is 1. The number of ether oxygens (including phenoxy) is 1. The minimum atomic E-state index is -0.661. The Morgan fingerprint density at radius 2 is 0.625 bits per heavy atom. The van der Waals surface area contributed by atoms with Gasteiger partial charge in [0.1, 0.15) is 0 Å². The fourth-order valence-corrected chi connectivity index (χ4v) is 11.4. The van der Waals surface area contributed by atoms with Crippen LogP contribution in [0.3, 0.4) is 0 Å². The first-order valence-corrected chi connectivity index (χ1v) is 36.2. The van der Waals surface area contributed by atoms with E-state index in [1.165, 1.54) is 315 Å². The third-order valence-corrected chi connectivity index (χ3v) is 16.9. The summed E-state index contributed by atoms with van der Waals surface area (Å²) < 4.78 is 5.50. The van der Waals surface area contributed by atoms with Crippen LogP contribution in [-0.2, 0) is 14.3 Å². The molecule has 0 aliphatic heterocycles. The standard InChI is InChI=1S/C74H141NO5/c1-3-5-7-9-11-13-15-16-17-18-39-42-45-48-52-56-60-64-68-74(79)80-69-65-61-57-53-49-46-43-40-37-35-33-31-29-27-25-23-21-19-20-22-24-26-28-30-32-34-36-38-41-44-47-51-55-59-63-67-73(78)75-71(70-76)72(77)66-62-58-54-50-14-12-10-8-6-4-2/h17-18,21,23,27,29,71-72,76-77H,3-16,19-20,22,24-26,28,30-70H2,1-2H3,(H,75,78)/b18-17-,23-21-,29-27-. The lowest BCUT2D eigenvalue weighted by molar-refractivity contribution is -0.143. The van der Waals surface area contributed by atoms with E-state index in [4.69, 9.17) is 4.74 Å². The molecule has 0 aromatic carbocycles. The number of hydrogen-bond acceptors (Lipinski definition) is 5. The average Bonchev–Trinajstić information content (AvgIpc) is 3.46. The first kappa shape index (κ1) is 78.1. The van der Waals surface area contributed by atoms with Crippen LogP contribution in [0.4, 0.5) is 0 Å². The van der Waals surface area contributed by atoms with E-state index >= 15 is 0 Å². The predicted octanol–water partition coefficient (Wildman–Crippen LogP) is 23.5. The summed E-state index contributed by atoms with van der Waals surface area (Å²) in [6.07, 6.45) is 89.3. The Bertz CT molecular complexity index is 1300. The second kappa shape index (κ2) is 69.6. The van der Waals surface area contributed by atoms with Crippen molar-refractivity contribution in [2.45, 2.75) is 411 Å². The quantitative estimate of drug-likeness (QED) is 0.0320. The molecule has 0 fully saturated rings. The van der Waals surface area contributed by atoms with E-state index in [2.05, 4.69) is 55.6 Å². The number of hydrogen-bond donors (Lipinski definition) is 3. The van der Waals surface area contributed by atoms with Crippen LogP contribution in [-0.4, -0.2) is 47.4 Å². The van der Waals surface area contributed by atoms with E-state index < -0.39 is 12.1 Å². The molecule has 3 N–H and O–H groups in total. The second-order valence-electron chi connectivity index (χ2n) is 24.9. The van der Waals surface area contributed by atoms with Crippen molar-refractivity contribution in [1.29, 1.82) is 0 Å². The highest BCUT2D eigenvalue weighted by Crippen LogP contribution is 2.18. The van der Waals surface area contributed by atoms with Crippen molar-refractivity contribution in [3.63, 3.8) is 0 Å². The predicted molar refractivity (Wildman–Crippen MR) is 352 cm³/mol. The van der Waals surface area contributed by atoms with Gasteiger partial charge in [0.15, 0.2) is 0 Å². The van der Waals surface area contributed by atoms with Crippen molar-refractivity contribution in [2.24, 2.45) is 0 Å². The van der Waals surface area contributed by atoms with Gasteiger partial charge in [-0.2, -0.15) is 0 Å². The van der Waals surface area contributed by atoms with E-state index in [0.717, 1.165) is 51.4 Å². The minimum Gasteiger partial charge on any atom is -0.466 e. The zero-order valence-corrected chi connectivity index (χ0v) is 54.1. The van der Waals surface area contributed by atoms with E-state index in [9.17, 15) is 19.8 Å². The smallest absolute Gasteiger partial charge is 0.305 e. The minimum absolute atomic E-state index is 0.0143. The van der Waals surface area contributed by atoms with Crippen LogP contribution >= 0.6 is 0 Å². The fraction of sp³-hybridized carbons (Fsp3) is 0.892. The summed E-state index contributed by atoms with van der Waals surface area (Å²) >= 11 is 0. The number of rotatable bonds is 68. The summed E-state index contributed by atoms with van der Waals surface area (Å²) in [5.74, 6) is -0.0185. The lowest BCUT2D eigenvalue weighted by Gasteiger charge is -2.22. The maximum atomic E-state index is 12.4. The van der Waals surface area contributed by atoms with Crippen molar-refractivity contribution < 1.29 is 24.5 Å². The molecule has 6 heteroatoms. The van der Waals surface area contributed by atoms with Gasteiger partial charge in [-0.25, -0.2) is 0 Å². The molecule has 0 heterocycles. The Morgan fingerprint density at radius 1 is 0.350 bits per heavy atom. The summed E-state index contributed by atoms with van der Waals surface area (Å²) in [6.45, 7) is 4.96. The van der Waals surface area contributed by atoms with E-state index in [-0.39, 0.29) is 18.5 Å². The molecule has 0 radical (unpaired) electrons. The van der Waals surface area contributed by atoms with E-state index in [0.29, 0.717) is 25.9 Å². The van der Waals surface area contributed by atoms with Crippen molar-refractivity contribution in [1.82, 2.24) is 5.32 Å². The average molecular weight is 1120 g/mol. The molecular weight excluding hydrogens is 983 g/mol. The highest BCUT2D eigenvalue weighted by Gasteiger charge is 2.20. The highest BCUT2D eigenvalue weighted by atomic mass is 16.5. The van der Waals surface area contributed by atoms with E-state index in [1.807, 2.05) is 0 Å². The first-order chi connectivity index (χ1) is 39.5. The molecule has 0 aliphatic carbocycles. The first-order valence-electron chi connectivity index (χ1n) is 36.2. The highest BCUT2D eigenvalue weighted by molar-refractivity contribution is 5.76. The molecular formula is C74H141NO5. The van der Waals surface area contributed by atoms with Crippen molar-refractivity contribution in [2.75, 3.05) is 13.2 Å². The van der Waals surface area contributed by atoms with Gasteiger partial charge in [-0.1, -0.05) is 339 Å². The normalized spacial score (nSPS) is 12.7. The molecule has 0 rings (SSSR count). The van der Waals surface area contributed by atoms with Crippen molar-refractivity contribution >= 4 is 11.9 Å². The van der Waals surface area contributed by atoms with Crippen LogP contribution in [0.15, 0.2) is 36.5 Å². The largest absolute Gasteiger partial charge is 0.466 e. The number of aliphatic hydroxyl groups excluding tert-OH is 2. The fourth-order valence-electron chi connectivity index (χ4n) is 11.4. The molecule has 0 aromatic rings. The van der Waals surface area contributed by atoms with Gasteiger partial charge in [-0.15, -0.1) is 0 Å². The number of esters is 1. The summed E-state index contributed by atoms with van der Waals surface area (Å²) in [4.78, 5) is 24.6. The van der Waals surface area contributed by atoms with Crippen molar-refractivity contribution in [3.8, 4) is 0 Å². The maximum Gasteiger partial charge on any atom is 0.305 e. The third kappa shape index (κ3) is 65.2. The molecule has 472 valence electrons. The third-order valence-electron chi connectivity index (χ3n) is 16.9. The molecule has 0 saturated heterocycles. The van der Waals surface area contributed by atoms with E-state index in [1.54, 1.807) is 0 Å². The van der Waals surface area contributed by atoms with Gasteiger partial charge in [-0.05, 0) is 83.5 Å². The number of amides is 1. The van der Waals surface area contributed by atoms with Crippen LogP contribution in [0, 0.1) is 0 Å². The molecule has 1 amide bonds. The zero-order chi connectivity index (χ0) is 57.8. The Balaban J connectivity index is 3.34. The summed E-state index contributed by atoms with van der Waals surface area (Å²) in [6, 6.07) is -0.538. The Morgan fingerprint density at radius 3 is 0.963 bits per heavy atom. The summed E-state index contributed by atoms with van der Waals surface area (Å²) in [7, 11) is 0. The number of unbranched alkanes of at least 4 members (excludes halogenated alkanes) is 51. The van der Waals surface area contributed by atoms with Gasteiger partial charge in [0.2, 0.25) is 5.91 Å². The molecule has 0 aromatic heterocycles. The molecule has 0 bridgehead atoms. The lowest BCUT2D eigenvalue weighted by atomic mass is 10.0. The topological polar surface area (TPSA) is 95.9 Å². The van der Waals surface area contributed by atoms with Gasteiger partial charge in [0.25, 0.3) is 0 Å². The monoisotopic (exact) mass is 1120 g/mol. The molecule has 0 saturated carbocycles. The molecule has 0 aliphatic rings. The number of aliphatic hydroxyl groups is 2. The Hall–Kier alpha value is -1.92. The molecule has 0 spiro atoms. The lowest BCUT2D eigenvalue weighted by Crippen LogP contribution is -2.45. The van der Waals surface area contributed by atoms with Gasteiger partial charge in [-0.3, -0.25) is 9.59 Å². The van der Waals surface area contributed by atoms with Crippen LogP contribution in [0.5, 0.6) is 0 Å². The van der Waals surface area contributed by atoms with Crippen LogP contribution in [0.2, 0.25) is 0 Å². The summed E-state index contributed by atoms with van der Waals surface area (Å²) in [5.41, 5.74) is 0. The maximum absolute atomic E-state index is 12.4. The summed E-state index contributed by atoms with van der Waals surface area (Å²) in [5, 5.41) is 23.2. The van der Waals surface area contributed by atoms with Crippen LogP contribution < -0.4 is 5.32 Å². The van der Waals surface area contributed by atoms with Crippen LogP contribution in [0.25, 0.3) is 0 Å². The second-order valence-corrected chi connectivity index (χ2v) is 24.9.